The van der Waals surface area contributed by atoms with E-state index >= 15 is 0 Å². The molecule has 0 unspecified atom stereocenters. The molecule has 0 saturated heterocycles. The molecule has 0 spiro atoms. The Labute approximate surface area is 68.9 Å². The van der Waals surface area contributed by atoms with Crippen molar-refractivity contribution in [3.8, 4) is 23.7 Å². The summed E-state index contributed by atoms with van der Waals surface area (Å²) in [6, 6.07) is 0. The van der Waals surface area contributed by atoms with Gasteiger partial charge in [0, 0.05) is 0 Å². The molecule has 0 aliphatic rings. The van der Waals surface area contributed by atoms with Crippen molar-refractivity contribution >= 4 is 6.21 Å². The number of hydrogen-bond donors (Lipinski definition) is 0. The van der Waals surface area contributed by atoms with Gasteiger partial charge in [0.05, 0.1) is 6.21 Å². The van der Waals surface area contributed by atoms with Gasteiger partial charge >= 0.3 is 0 Å². The van der Waals surface area contributed by atoms with Crippen molar-refractivity contribution in [2.24, 2.45) is 4.99 Å². The van der Waals surface area contributed by atoms with Gasteiger partial charge < -0.3 is 0 Å². The zero-order valence-electron chi connectivity index (χ0n) is 7.52. The molecule has 0 saturated carbocycles. The zero-order chi connectivity index (χ0) is 8.74. The van der Waals surface area contributed by atoms with Crippen molar-refractivity contribution in [2.45, 2.75) is 33.2 Å². The smallest absolute Gasteiger partial charge is 0.116 e. The molecule has 0 N–H and O–H groups in total. The third kappa shape index (κ3) is 5.25. The molecule has 0 aliphatic carbocycles. The van der Waals surface area contributed by atoms with Gasteiger partial charge in [-0.2, -0.15) is 0 Å². The van der Waals surface area contributed by atoms with E-state index in [0.29, 0.717) is 0 Å². The molecule has 0 amide bonds. The van der Waals surface area contributed by atoms with Crippen molar-refractivity contribution < 1.29 is 0 Å². The molecular weight excluding hydrogens is 134 g/mol. The van der Waals surface area contributed by atoms with Gasteiger partial charge in [0.15, 0.2) is 0 Å². The Morgan fingerprint density at radius 1 is 1.18 bits per heavy atom. The Hall–Kier alpha value is -1.21. The quantitative estimate of drug-likeness (QED) is 0.396. The average molecular weight is 147 g/mol. The molecule has 11 heavy (non-hydrogen) atoms. The largest absolute Gasteiger partial charge is 0.265 e. The first-order valence-corrected chi connectivity index (χ1v) is 3.52. The van der Waals surface area contributed by atoms with Crippen LogP contribution < -0.4 is 0 Å². The Kier molecular flexibility index (Phi) is 4.08. The first-order valence-electron chi connectivity index (χ1n) is 3.52. The predicted octanol–water partition coefficient (Wildman–Crippen LogP) is 1.88. The second-order valence-electron chi connectivity index (χ2n) is 2.59. The van der Waals surface area contributed by atoms with Crippen LogP contribution in [0.15, 0.2) is 4.99 Å². The third-order valence-corrected chi connectivity index (χ3v) is 1.03. The Bertz CT molecular complexity index is 250. The third-order valence-electron chi connectivity index (χ3n) is 1.03. The van der Waals surface area contributed by atoms with Crippen LogP contribution >= 0.6 is 0 Å². The maximum atomic E-state index is 4.16. The lowest BCUT2D eigenvalue weighted by atomic mass is 10.1. The molecule has 1 heteroatoms. The highest BCUT2D eigenvalue weighted by molar-refractivity contribution is 5.78. The van der Waals surface area contributed by atoms with Crippen LogP contribution in [0, 0.1) is 23.7 Å². The zero-order valence-corrected chi connectivity index (χ0v) is 7.52. The van der Waals surface area contributed by atoms with E-state index in [-0.39, 0.29) is 5.54 Å². The minimum atomic E-state index is -0.293. The lowest BCUT2D eigenvalue weighted by molar-refractivity contribution is 0.688. The molecular formula is C10H13N. The molecule has 0 aromatic rings. The summed E-state index contributed by atoms with van der Waals surface area (Å²) in [6.07, 6.45) is 1.60. The fraction of sp³-hybridized carbons (Fsp3) is 0.500. The highest BCUT2D eigenvalue weighted by Crippen LogP contribution is 2.04. The second-order valence-corrected chi connectivity index (χ2v) is 2.59. The van der Waals surface area contributed by atoms with Crippen LogP contribution in [0.25, 0.3) is 0 Å². The molecule has 0 heterocycles. The fourth-order valence-corrected chi connectivity index (χ4v) is 0.596. The van der Waals surface area contributed by atoms with Crippen molar-refractivity contribution in [3.63, 3.8) is 0 Å². The lowest BCUT2D eigenvalue weighted by Gasteiger charge is -2.08. The minimum absolute atomic E-state index is 0.293. The number of aliphatic imine (C=N–C) groups is 1. The summed E-state index contributed by atoms with van der Waals surface area (Å²) in [5.41, 5.74) is -0.293. The maximum Gasteiger partial charge on any atom is 0.116 e. The van der Waals surface area contributed by atoms with Crippen LogP contribution in [0.2, 0.25) is 0 Å². The molecule has 0 atom stereocenters. The van der Waals surface area contributed by atoms with Crippen LogP contribution in [-0.4, -0.2) is 11.8 Å². The van der Waals surface area contributed by atoms with Crippen molar-refractivity contribution in [3.05, 3.63) is 0 Å². The number of rotatable bonds is 1. The van der Waals surface area contributed by atoms with Crippen LogP contribution in [0.5, 0.6) is 0 Å². The summed E-state index contributed by atoms with van der Waals surface area (Å²) in [6.45, 7) is 7.50. The van der Waals surface area contributed by atoms with E-state index in [1.807, 2.05) is 20.8 Å². The molecule has 0 radical (unpaired) electrons. The summed E-state index contributed by atoms with van der Waals surface area (Å²) >= 11 is 0. The van der Waals surface area contributed by atoms with E-state index in [0.717, 1.165) is 0 Å². The normalized spacial score (nSPS) is 9.82. The van der Waals surface area contributed by atoms with E-state index in [4.69, 9.17) is 0 Å². The molecule has 1 nitrogen and oxygen atoms in total. The topological polar surface area (TPSA) is 12.4 Å². The average Bonchev–Trinajstić information content (AvgIpc) is 1.87. The molecule has 58 valence electrons. The van der Waals surface area contributed by atoms with Crippen molar-refractivity contribution in [1.82, 2.24) is 0 Å². The van der Waals surface area contributed by atoms with E-state index in [1.165, 1.54) is 0 Å². The summed E-state index contributed by atoms with van der Waals surface area (Å²) in [4.78, 5) is 4.16. The molecule has 0 aromatic heterocycles. The monoisotopic (exact) mass is 147 g/mol. The lowest BCUT2D eigenvalue weighted by Crippen LogP contribution is -2.12. The molecule has 0 rings (SSSR count). The van der Waals surface area contributed by atoms with E-state index in [2.05, 4.69) is 28.7 Å². The minimum Gasteiger partial charge on any atom is -0.265 e. The maximum absolute atomic E-state index is 4.16. The molecule has 0 aliphatic heterocycles. The van der Waals surface area contributed by atoms with Gasteiger partial charge in [-0.25, -0.2) is 0 Å². The van der Waals surface area contributed by atoms with Crippen molar-refractivity contribution in [1.29, 1.82) is 0 Å². The fourth-order valence-electron chi connectivity index (χ4n) is 0.596. The highest BCUT2D eigenvalue weighted by atomic mass is 14.8. The second kappa shape index (κ2) is 4.58. The van der Waals surface area contributed by atoms with Crippen molar-refractivity contribution in [2.75, 3.05) is 0 Å². The van der Waals surface area contributed by atoms with Gasteiger partial charge in [-0.15, -0.1) is 11.8 Å². The first-order chi connectivity index (χ1) is 5.12. The predicted molar refractivity (Wildman–Crippen MR) is 49.5 cm³/mol. The Morgan fingerprint density at radius 2 is 1.82 bits per heavy atom. The SMILES string of the molecule is CC#CC=NC(C)(C)C#CC. The molecule has 0 aromatic carbocycles. The van der Waals surface area contributed by atoms with E-state index in [9.17, 15) is 0 Å². The van der Waals surface area contributed by atoms with Gasteiger partial charge in [-0.3, -0.25) is 4.99 Å². The van der Waals surface area contributed by atoms with E-state index in [1.54, 1.807) is 13.1 Å². The first kappa shape index (κ1) is 9.79. The summed E-state index contributed by atoms with van der Waals surface area (Å²) < 4.78 is 0. The highest BCUT2D eigenvalue weighted by Gasteiger charge is 2.08. The van der Waals surface area contributed by atoms with E-state index < -0.39 is 0 Å². The van der Waals surface area contributed by atoms with Gasteiger partial charge in [-0.05, 0) is 27.7 Å². The van der Waals surface area contributed by atoms with Gasteiger partial charge in [0.2, 0.25) is 0 Å². The Morgan fingerprint density at radius 3 is 2.27 bits per heavy atom. The standard InChI is InChI=1S/C10H13N/c1-5-7-9-11-10(3,4)8-6-2/h9H,1-4H3. The van der Waals surface area contributed by atoms with Crippen LogP contribution in [-0.2, 0) is 0 Å². The van der Waals surface area contributed by atoms with Crippen LogP contribution in [0.4, 0.5) is 0 Å². The molecule has 0 fully saturated rings. The van der Waals surface area contributed by atoms with Gasteiger partial charge in [-0.1, -0.05) is 11.8 Å². The van der Waals surface area contributed by atoms with Crippen LogP contribution in [0.3, 0.4) is 0 Å². The summed E-state index contributed by atoms with van der Waals surface area (Å²) in [5.74, 6) is 11.3. The number of nitrogens with zero attached hydrogens (tertiary/aromatic N) is 1. The van der Waals surface area contributed by atoms with Gasteiger partial charge in [0.1, 0.15) is 5.54 Å². The Balaban J connectivity index is 4.26. The summed E-state index contributed by atoms with van der Waals surface area (Å²) in [7, 11) is 0. The van der Waals surface area contributed by atoms with Gasteiger partial charge in [0.25, 0.3) is 0 Å². The van der Waals surface area contributed by atoms with Crippen LogP contribution in [0.1, 0.15) is 27.7 Å². The molecule has 0 bridgehead atoms. The summed E-state index contributed by atoms with van der Waals surface area (Å²) in [5, 5.41) is 0. The number of hydrogen-bond acceptors (Lipinski definition) is 1.